The first-order chi connectivity index (χ1) is 8.33. The molecule has 1 saturated carbocycles. The molecule has 2 fully saturated rings. The minimum absolute atomic E-state index is 0.460. The average Bonchev–Trinajstić information content (AvgIpc) is 2.60. The molecule has 2 nitrogen and oxygen atoms in total. The molecule has 0 bridgehead atoms. The van der Waals surface area contributed by atoms with Crippen molar-refractivity contribution in [1.29, 1.82) is 0 Å². The summed E-state index contributed by atoms with van der Waals surface area (Å²) in [5.41, 5.74) is 0. The minimum atomic E-state index is 0.460. The molecule has 3 unspecified atom stereocenters. The van der Waals surface area contributed by atoms with E-state index in [4.69, 9.17) is 4.74 Å². The highest BCUT2D eigenvalue weighted by Gasteiger charge is 2.35. The van der Waals surface area contributed by atoms with Crippen molar-refractivity contribution in [1.82, 2.24) is 5.32 Å². The van der Waals surface area contributed by atoms with Gasteiger partial charge in [0.25, 0.3) is 0 Å². The van der Waals surface area contributed by atoms with E-state index in [9.17, 15) is 0 Å². The molecule has 0 aromatic heterocycles. The van der Waals surface area contributed by atoms with Crippen molar-refractivity contribution in [3.63, 3.8) is 0 Å². The smallest absolute Gasteiger partial charge is 0.0590 e. The number of rotatable bonds is 4. The number of nitrogens with one attached hydrogen (secondary N) is 1. The summed E-state index contributed by atoms with van der Waals surface area (Å²) >= 11 is 0. The van der Waals surface area contributed by atoms with Crippen molar-refractivity contribution < 1.29 is 4.74 Å². The summed E-state index contributed by atoms with van der Waals surface area (Å²) in [6.07, 6.45) is 10.4. The largest absolute Gasteiger partial charge is 0.378 e. The standard InChI is InChI=1S/C15H29NO/c1-3-16-15(14-10-11-17-12(14)2)13-8-6-4-5-7-9-13/h12-16H,3-11H2,1-2H3. The fourth-order valence-corrected chi connectivity index (χ4v) is 3.79. The van der Waals surface area contributed by atoms with Gasteiger partial charge in [-0.2, -0.15) is 0 Å². The van der Waals surface area contributed by atoms with Gasteiger partial charge in [-0.1, -0.05) is 32.6 Å². The summed E-state index contributed by atoms with van der Waals surface area (Å²) in [4.78, 5) is 0. The Hall–Kier alpha value is -0.0800. The van der Waals surface area contributed by atoms with Crippen LogP contribution in [0.3, 0.4) is 0 Å². The van der Waals surface area contributed by atoms with E-state index in [1.54, 1.807) is 0 Å². The molecule has 2 rings (SSSR count). The maximum atomic E-state index is 5.77. The maximum absolute atomic E-state index is 5.77. The van der Waals surface area contributed by atoms with E-state index in [0.717, 1.165) is 25.0 Å². The van der Waals surface area contributed by atoms with E-state index >= 15 is 0 Å². The molecule has 17 heavy (non-hydrogen) atoms. The molecule has 0 radical (unpaired) electrons. The first kappa shape index (κ1) is 13.4. The van der Waals surface area contributed by atoms with Crippen LogP contribution in [0.15, 0.2) is 0 Å². The summed E-state index contributed by atoms with van der Waals surface area (Å²) in [6, 6.07) is 0.704. The number of ether oxygens (including phenoxy) is 1. The molecule has 1 heterocycles. The van der Waals surface area contributed by atoms with Crippen molar-refractivity contribution in [2.24, 2.45) is 11.8 Å². The third kappa shape index (κ3) is 3.45. The first-order valence-corrected chi connectivity index (χ1v) is 7.68. The molecule has 1 saturated heterocycles. The van der Waals surface area contributed by atoms with Gasteiger partial charge in [-0.25, -0.2) is 0 Å². The Kier molecular flexibility index (Phi) is 5.30. The van der Waals surface area contributed by atoms with Gasteiger partial charge in [0, 0.05) is 18.6 Å². The summed E-state index contributed by atoms with van der Waals surface area (Å²) in [5.74, 6) is 1.64. The van der Waals surface area contributed by atoms with E-state index in [1.807, 2.05) is 0 Å². The Labute approximate surface area is 107 Å². The van der Waals surface area contributed by atoms with Gasteiger partial charge in [0.1, 0.15) is 0 Å². The molecule has 100 valence electrons. The Morgan fingerprint density at radius 3 is 2.35 bits per heavy atom. The second kappa shape index (κ2) is 6.75. The Balaban J connectivity index is 1.98. The second-order valence-corrected chi connectivity index (χ2v) is 5.86. The van der Waals surface area contributed by atoms with Crippen LogP contribution in [0.1, 0.15) is 58.8 Å². The van der Waals surface area contributed by atoms with Gasteiger partial charge >= 0.3 is 0 Å². The zero-order valence-electron chi connectivity index (χ0n) is 11.6. The monoisotopic (exact) mass is 239 g/mol. The molecular formula is C15H29NO. The molecular weight excluding hydrogens is 210 g/mol. The van der Waals surface area contributed by atoms with E-state index in [2.05, 4.69) is 19.2 Å². The second-order valence-electron chi connectivity index (χ2n) is 5.86. The Morgan fingerprint density at radius 1 is 1.12 bits per heavy atom. The minimum Gasteiger partial charge on any atom is -0.378 e. The SMILES string of the molecule is CCNC(C1CCCCCC1)C1CCOC1C. The Bertz CT molecular complexity index is 211. The van der Waals surface area contributed by atoms with Crippen molar-refractivity contribution in [3.8, 4) is 0 Å². The van der Waals surface area contributed by atoms with E-state index in [-0.39, 0.29) is 0 Å². The van der Waals surface area contributed by atoms with Gasteiger partial charge in [-0.15, -0.1) is 0 Å². The van der Waals surface area contributed by atoms with Crippen LogP contribution >= 0.6 is 0 Å². The quantitative estimate of drug-likeness (QED) is 0.760. The highest BCUT2D eigenvalue weighted by atomic mass is 16.5. The number of hydrogen-bond donors (Lipinski definition) is 1. The fourth-order valence-electron chi connectivity index (χ4n) is 3.79. The normalized spacial score (nSPS) is 33.5. The molecule has 2 heteroatoms. The lowest BCUT2D eigenvalue weighted by atomic mass is 9.80. The van der Waals surface area contributed by atoms with E-state index in [1.165, 1.54) is 44.9 Å². The lowest BCUT2D eigenvalue weighted by molar-refractivity contribution is 0.0847. The summed E-state index contributed by atoms with van der Waals surface area (Å²) in [5, 5.41) is 3.77. The molecule has 0 aromatic carbocycles. The summed E-state index contributed by atoms with van der Waals surface area (Å²) in [6.45, 7) is 6.58. The molecule has 1 N–H and O–H groups in total. The molecule has 1 aliphatic heterocycles. The molecule has 1 aliphatic carbocycles. The van der Waals surface area contributed by atoms with Crippen LogP contribution in [0.5, 0.6) is 0 Å². The van der Waals surface area contributed by atoms with Crippen molar-refractivity contribution in [3.05, 3.63) is 0 Å². The third-order valence-corrected chi connectivity index (χ3v) is 4.74. The number of hydrogen-bond acceptors (Lipinski definition) is 2. The van der Waals surface area contributed by atoms with Gasteiger partial charge in [-0.3, -0.25) is 0 Å². The predicted octanol–water partition coefficient (Wildman–Crippen LogP) is 3.36. The van der Waals surface area contributed by atoms with Gasteiger partial charge in [0.15, 0.2) is 0 Å². The average molecular weight is 239 g/mol. The molecule has 0 spiro atoms. The van der Waals surface area contributed by atoms with Crippen LogP contribution in [0.25, 0.3) is 0 Å². The molecule has 3 atom stereocenters. The highest BCUT2D eigenvalue weighted by Crippen LogP contribution is 2.34. The van der Waals surface area contributed by atoms with Crippen LogP contribution in [-0.2, 0) is 4.74 Å². The third-order valence-electron chi connectivity index (χ3n) is 4.74. The van der Waals surface area contributed by atoms with Crippen LogP contribution in [-0.4, -0.2) is 25.3 Å². The molecule has 0 aromatic rings. The summed E-state index contributed by atoms with van der Waals surface area (Å²) < 4.78 is 5.77. The van der Waals surface area contributed by atoms with Gasteiger partial charge < -0.3 is 10.1 Å². The molecule has 2 aliphatic rings. The maximum Gasteiger partial charge on any atom is 0.0590 e. The zero-order valence-corrected chi connectivity index (χ0v) is 11.6. The van der Waals surface area contributed by atoms with Gasteiger partial charge in [0.05, 0.1) is 6.10 Å². The zero-order chi connectivity index (χ0) is 12.1. The van der Waals surface area contributed by atoms with Crippen LogP contribution in [0, 0.1) is 11.8 Å². The highest BCUT2D eigenvalue weighted by molar-refractivity contribution is 4.89. The van der Waals surface area contributed by atoms with Crippen molar-refractivity contribution in [2.75, 3.05) is 13.2 Å². The van der Waals surface area contributed by atoms with Crippen molar-refractivity contribution >= 4 is 0 Å². The van der Waals surface area contributed by atoms with Crippen LogP contribution in [0.2, 0.25) is 0 Å². The lowest BCUT2D eigenvalue weighted by Gasteiger charge is -2.33. The molecule has 0 amide bonds. The van der Waals surface area contributed by atoms with Crippen molar-refractivity contribution in [2.45, 2.75) is 70.9 Å². The summed E-state index contributed by atoms with van der Waals surface area (Å²) in [7, 11) is 0. The van der Waals surface area contributed by atoms with E-state index in [0.29, 0.717) is 12.1 Å². The van der Waals surface area contributed by atoms with E-state index < -0.39 is 0 Å². The lowest BCUT2D eigenvalue weighted by Crippen LogP contribution is -2.44. The van der Waals surface area contributed by atoms with Crippen LogP contribution in [0.4, 0.5) is 0 Å². The Morgan fingerprint density at radius 2 is 1.82 bits per heavy atom. The topological polar surface area (TPSA) is 21.3 Å². The van der Waals surface area contributed by atoms with Gasteiger partial charge in [-0.05, 0) is 38.6 Å². The van der Waals surface area contributed by atoms with Crippen LogP contribution < -0.4 is 5.32 Å². The fraction of sp³-hybridized carbons (Fsp3) is 1.00. The predicted molar refractivity (Wildman–Crippen MR) is 72.2 cm³/mol. The first-order valence-electron chi connectivity index (χ1n) is 7.68. The van der Waals surface area contributed by atoms with Gasteiger partial charge in [0.2, 0.25) is 0 Å².